The van der Waals surface area contributed by atoms with Crippen molar-refractivity contribution in [2.45, 2.75) is 12.5 Å². The highest BCUT2D eigenvalue weighted by Gasteiger charge is 2.34. The summed E-state index contributed by atoms with van der Waals surface area (Å²) in [5.41, 5.74) is 1.23. The second kappa shape index (κ2) is 6.01. The minimum absolute atomic E-state index is 0.0270. The maximum Gasteiger partial charge on any atom is 0.269 e. The van der Waals surface area contributed by atoms with E-state index in [1.165, 1.54) is 29.2 Å². The summed E-state index contributed by atoms with van der Waals surface area (Å²) in [6.07, 6.45) is 4.90. The van der Waals surface area contributed by atoms with Gasteiger partial charge in [-0.3, -0.25) is 9.69 Å². The van der Waals surface area contributed by atoms with E-state index in [1.807, 2.05) is 0 Å². The third-order valence-corrected chi connectivity index (χ3v) is 3.63. The molecule has 0 aliphatic carbocycles. The Morgan fingerprint density at radius 2 is 2.00 bits per heavy atom. The van der Waals surface area contributed by atoms with Gasteiger partial charge in [0.1, 0.15) is 17.3 Å². The summed E-state index contributed by atoms with van der Waals surface area (Å²) in [4.78, 5) is 14.0. The van der Waals surface area contributed by atoms with E-state index in [2.05, 4.69) is 5.92 Å². The number of halogens is 1. The van der Waals surface area contributed by atoms with Crippen LogP contribution < -0.4 is 9.64 Å². The molecule has 2 aromatic carbocycles. The largest absolute Gasteiger partial charge is 0.508 e. The van der Waals surface area contributed by atoms with Crippen LogP contribution in [0.2, 0.25) is 0 Å². The van der Waals surface area contributed by atoms with E-state index in [0.29, 0.717) is 17.9 Å². The number of hydrogen-bond acceptors (Lipinski definition) is 3. The molecule has 0 saturated heterocycles. The fourth-order valence-electron chi connectivity index (χ4n) is 2.53. The first-order chi connectivity index (χ1) is 11.1. The van der Waals surface area contributed by atoms with Gasteiger partial charge in [-0.05, 0) is 29.8 Å². The maximum atomic E-state index is 13.0. The molecule has 0 saturated carbocycles. The minimum Gasteiger partial charge on any atom is -0.508 e. The van der Waals surface area contributed by atoms with Crippen LogP contribution in [-0.4, -0.2) is 23.7 Å². The quantitative estimate of drug-likeness (QED) is 0.886. The Bertz CT molecular complexity index is 780. The molecule has 5 heteroatoms. The molecule has 0 aromatic heterocycles. The number of rotatable bonds is 3. The van der Waals surface area contributed by atoms with Crippen LogP contribution in [0.1, 0.15) is 5.56 Å². The van der Waals surface area contributed by atoms with Crippen LogP contribution in [0.25, 0.3) is 0 Å². The average molecular weight is 311 g/mol. The van der Waals surface area contributed by atoms with Crippen LogP contribution in [0, 0.1) is 18.2 Å². The fraction of sp³-hybridized carbons (Fsp3) is 0.167. The molecule has 2 aromatic rings. The summed E-state index contributed by atoms with van der Waals surface area (Å²) >= 11 is 0. The first-order valence-electron chi connectivity index (χ1n) is 7.07. The molecule has 0 bridgehead atoms. The van der Waals surface area contributed by atoms with E-state index >= 15 is 0 Å². The van der Waals surface area contributed by atoms with Gasteiger partial charge in [0.05, 0.1) is 12.2 Å². The molecular formula is C18H14FNO3. The molecule has 0 radical (unpaired) electrons. The van der Waals surface area contributed by atoms with Crippen molar-refractivity contribution in [3.05, 3.63) is 53.8 Å². The highest BCUT2D eigenvalue weighted by Crippen LogP contribution is 2.37. The lowest BCUT2D eigenvalue weighted by molar-refractivity contribution is -0.126. The van der Waals surface area contributed by atoms with Crippen molar-refractivity contribution in [2.24, 2.45) is 0 Å². The van der Waals surface area contributed by atoms with Gasteiger partial charge in [-0.25, -0.2) is 4.39 Å². The lowest BCUT2D eigenvalue weighted by Crippen LogP contribution is -2.47. The molecule has 1 aliphatic rings. The highest BCUT2D eigenvalue weighted by molar-refractivity contribution is 6.00. The van der Waals surface area contributed by atoms with Crippen LogP contribution in [0.15, 0.2) is 42.5 Å². The van der Waals surface area contributed by atoms with Crippen molar-refractivity contribution >= 4 is 11.6 Å². The maximum absolute atomic E-state index is 13.0. The monoisotopic (exact) mass is 311 g/mol. The molecule has 0 fully saturated rings. The Morgan fingerprint density at radius 3 is 2.70 bits per heavy atom. The first-order valence-corrected chi connectivity index (χ1v) is 7.07. The molecule has 1 heterocycles. The number of phenols is 1. The minimum atomic E-state index is -0.745. The standard InChI is InChI=1S/C18H14FNO3/c1-2-9-20-15-11-14(21)7-8-16(15)23-17(18(20)22)10-12-3-5-13(19)6-4-12/h1,3-8,11,17,21H,9-10H2. The number of terminal acetylenes is 1. The summed E-state index contributed by atoms with van der Waals surface area (Å²) in [5.74, 6) is 2.32. The number of carbonyl (C=O) groups is 1. The number of benzene rings is 2. The van der Waals surface area contributed by atoms with E-state index < -0.39 is 6.10 Å². The highest BCUT2D eigenvalue weighted by atomic mass is 19.1. The van der Waals surface area contributed by atoms with Gasteiger partial charge >= 0.3 is 0 Å². The molecule has 1 N–H and O–H groups in total. The molecule has 1 atom stereocenters. The summed E-state index contributed by atoms with van der Waals surface area (Å²) in [6.45, 7) is 0.0819. The second-order valence-corrected chi connectivity index (χ2v) is 5.22. The van der Waals surface area contributed by atoms with Crippen LogP contribution >= 0.6 is 0 Å². The predicted octanol–water partition coefficient (Wildman–Crippen LogP) is 2.50. The van der Waals surface area contributed by atoms with Gasteiger partial charge in [0.15, 0.2) is 6.10 Å². The van der Waals surface area contributed by atoms with E-state index in [1.54, 1.807) is 18.2 Å². The molecule has 0 spiro atoms. The third-order valence-electron chi connectivity index (χ3n) is 3.63. The summed E-state index contributed by atoms with van der Waals surface area (Å²) in [6, 6.07) is 10.4. The fourth-order valence-corrected chi connectivity index (χ4v) is 2.53. The van der Waals surface area contributed by atoms with Crippen molar-refractivity contribution in [3.8, 4) is 23.8 Å². The molecule has 3 rings (SSSR count). The summed E-state index contributed by atoms with van der Waals surface area (Å²) < 4.78 is 18.7. The van der Waals surface area contributed by atoms with E-state index in [9.17, 15) is 14.3 Å². The van der Waals surface area contributed by atoms with E-state index in [-0.39, 0.29) is 24.0 Å². The van der Waals surface area contributed by atoms with Crippen LogP contribution in [0.3, 0.4) is 0 Å². The normalized spacial score (nSPS) is 16.4. The van der Waals surface area contributed by atoms with Gasteiger partial charge in [0.25, 0.3) is 5.91 Å². The number of aromatic hydroxyl groups is 1. The van der Waals surface area contributed by atoms with Crippen molar-refractivity contribution in [1.82, 2.24) is 0 Å². The molecular weight excluding hydrogens is 297 g/mol. The predicted molar refractivity (Wildman–Crippen MR) is 83.8 cm³/mol. The van der Waals surface area contributed by atoms with Gasteiger partial charge in [0.2, 0.25) is 0 Å². The third kappa shape index (κ3) is 2.97. The Hall–Kier alpha value is -3.00. The Labute approximate surface area is 133 Å². The molecule has 116 valence electrons. The van der Waals surface area contributed by atoms with Crippen LogP contribution in [-0.2, 0) is 11.2 Å². The summed E-state index contributed by atoms with van der Waals surface area (Å²) in [7, 11) is 0. The first kappa shape index (κ1) is 14.9. The number of anilines is 1. The number of hydrogen-bond donors (Lipinski definition) is 1. The lowest BCUT2D eigenvalue weighted by Gasteiger charge is -2.33. The number of nitrogens with zero attached hydrogens (tertiary/aromatic N) is 1. The van der Waals surface area contributed by atoms with Crippen molar-refractivity contribution in [2.75, 3.05) is 11.4 Å². The molecule has 1 unspecified atom stereocenters. The van der Waals surface area contributed by atoms with Gasteiger partial charge in [-0.1, -0.05) is 18.1 Å². The smallest absolute Gasteiger partial charge is 0.269 e. The second-order valence-electron chi connectivity index (χ2n) is 5.22. The number of phenolic OH excluding ortho intramolecular Hbond substituents is 1. The van der Waals surface area contributed by atoms with Crippen molar-refractivity contribution < 1.29 is 19.0 Å². The van der Waals surface area contributed by atoms with Gasteiger partial charge < -0.3 is 9.84 Å². The van der Waals surface area contributed by atoms with Gasteiger partial charge in [0, 0.05) is 12.5 Å². The lowest BCUT2D eigenvalue weighted by atomic mass is 10.0. The number of carbonyl (C=O) groups excluding carboxylic acids is 1. The SMILES string of the molecule is C#CCN1C(=O)C(Cc2ccc(F)cc2)Oc2ccc(O)cc21. The Balaban J connectivity index is 1.91. The zero-order chi connectivity index (χ0) is 16.4. The number of fused-ring (bicyclic) bond motifs is 1. The van der Waals surface area contributed by atoms with Gasteiger partial charge in [-0.2, -0.15) is 0 Å². The van der Waals surface area contributed by atoms with Crippen LogP contribution in [0.5, 0.6) is 11.5 Å². The van der Waals surface area contributed by atoms with E-state index in [0.717, 1.165) is 5.56 Å². The van der Waals surface area contributed by atoms with Gasteiger partial charge in [-0.15, -0.1) is 6.42 Å². The zero-order valence-corrected chi connectivity index (χ0v) is 12.2. The van der Waals surface area contributed by atoms with Crippen molar-refractivity contribution in [1.29, 1.82) is 0 Å². The summed E-state index contributed by atoms with van der Waals surface area (Å²) in [5, 5.41) is 9.61. The molecule has 1 amide bonds. The topological polar surface area (TPSA) is 49.8 Å². The number of ether oxygens (including phenoxy) is 1. The van der Waals surface area contributed by atoms with Crippen molar-refractivity contribution in [3.63, 3.8) is 0 Å². The molecule has 4 nitrogen and oxygen atoms in total. The number of amides is 1. The average Bonchev–Trinajstić information content (AvgIpc) is 2.54. The Morgan fingerprint density at radius 1 is 1.26 bits per heavy atom. The molecule has 23 heavy (non-hydrogen) atoms. The zero-order valence-electron chi connectivity index (χ0n) is 12.2. The van der Waals surface area contributed by atoms with Crippen LogP contribution in [0.4, 0.5) is 10.1 Å². The van der Waals surface area contributed by atoms with E-state index in [4.69, 9.17) is 11.2 Å². The molecule has 1 aliphatic heterocycles. The Kier molecular flexibility index (Phi) is 3.90.